The highest BCUT2D eigenvalue weighted by molar-refractivity contribution is 5.91. The Morgan fingerprint density at radius 1 is 1.30 bits per heavy atom. The molecular formula is C16H23ClN4O2. The quantitative estimate of drug-likeness (QED) is 0.721. The molecule has 2 rings (SSSR count). The summed E-state index contributed by atoms with van der Waals surface area (Å²) in [5.41, 5.74) is 2.01. The number of anilines is 1. The molecule has 1 amide bonds. The second-order valence-corrected chi connectivity index (χ2v) is 5.03. The minimum Gasteiger partial charge on any atom is -0.383 e. The standard InChI is InChI=1S/C16H22N4O2.ClH/c1-13-10-15(18-16(21)11-17-8-9-22-2)20(19-13)12-14-6-4-3-5-7-14;/h3-7,10,17H,8-9,11-12H2,1-2H3,(H,18,21);1H. The summed E-state index contributed by atoms with van der Waals surface area (Å²) in [5.74, 6) is 0.616. The summed E-state index contributed by atoms with van der Waals surface area (Å²) >= 11 is 0. The monoisotopic (exact) mass is 338 g/mol. The lowest BCUT2D eigenvalue weighted by Crippen LogP contribution is -2.31. The van der Waals surface area contributed by atoms with Crippen LogP contribution in [-0.2, 0) is 16.1 Å². The molecule has 0 unspecified atom stereocenters. The van der Waals surface area contributed by atoms with Crippen molar-refractivity contribution in [2.45, 2.75) is 13.5 Å². The molecule has 2 N–H and O–H groups in total. The van der Waals surface area contributed by atoms with E-state index in [1.807, 2.05) is 43.3 Å². The summed E-state index contributed by atoms with van der Waals surface area (Å²) in [6.07, 6.45) is 0. The Morgan fingerprint density at radius 3 is 2.74 bits per heavy atom. The molecule has 1 aromatic carbocycles. The third-order valence-corrected chi connectivity index (χ3v) is 3.11. The second kappa shape index (κ2) is 9.99. The molecule has 1 aromatic heterocycles. The average Bonchev–Trinajstić information content (AvgIpc) is 2.84. The van der Waals surface area contributed by atoms with Gasteiger partial charge in [0.15, 0.2) is 0 Å². The smallest absolute Gasteiger partial charge is 0.239 e. The fourth-order valence-electron chi connectivity index (χ4n) is 2.09. The van der Waals surface area contributed by atoms with Crippen LogP contribution in [-0.4, -0.2) is 42.5 Å². The first-order chi connectivity index (χ1) is 10.7. The average molecular weight is 339 g/mol. The van der Waals surface area contributed by atoms with Crippen molar-refractivity contribution in [3.8, 4) is 0 Å². The Kier molecular flexibility index (Phi) is 8.32. The summed E-state index contributed by atoms with van der Waals surface area (Å²) < 4.78 is 6.73. The molecule has 0 spiro atoms. The highest BCUT2D eigenvalue weighted by atomic mass is 35.5. The first kappa shape index (κ1) is 19.2. The van der Waals surface area contributed by atoms with Crippen molar-refractivity contribution in [1.82, 2.24) is 15.1 Å². The molecule has 0 radical (unpaired) electrons. The number of methoxy groups -OCH3 is 1. The fraction of sp³-hybridized carbons (Fsp3) is 0.375. The van der Waals surface area contributed by atoms with E-state index >= 15 is 0 Å². The maximum atomic E-state index is 11.9. The highest BCUT2D eigenvalue weighted by Gasteiger charge is 2.09. The van der Waals surface area contributed by atoms with Gasteiger partial charge in [-0.2, -0.15) is 5.10 Å². The maximum Gasteiger partial charge on any atom is 0.239 e. The van der Waals surface area contributed by atoms with Gasteiger partial charge in [-0.3, -0.25) is 4.79 Å². The summed E-state index contributed by atoms with van der Waals surface area (Å²) in [5, 5.41) is 10.3. The second-order valence-electron chi connectivity index (χ2n) is 5.03. The highest BCUT2D eigenvalue weighted by Crippen LogP contribution is 2.12. The molecule has 6 nitrogen and oxygen atoms in total. The summed E-state index contributed by atoms with van der Waals surface area (Å²) in [7, 11) is 1.63. The zero-order chi connectivity index (χ0) is 15.8. The first-order valence-electron chi connectivity index (χ1n) is 7.27. The van der Waals surface area contributed by atoms with Crippen molar-refractivity contribution in [3.05, 3.63) is 47.7 Å². The van der Waals surface area contributed by atoms with E-state index in [1.165, 1.54) is 0 Å². The number of benzene rings is 1. The van der Waals surface area contributed by atoms with E-state index in [0.717, 1.165) is 11.3 Å². The van der Waals surface area contributed by atoms with E-state index in [2.05, 4.69) is 15.7 Å². The molecule has 126 valence electrons. The molecular weight excluding hydrogens is 316 g/mol. The third-order valence-electron chi connectivity index (χ3n) is 3.11. The number of hydrogen-bond acceptors (Lipinski definition) is 4. The lowest BCUT2D eigenvalue weighted by Gasteiger charge is -2.09. The van der Waals surface area contributed by atoms with Gasteiger partial charge in [-0.25, -0.2) is 4.68 Å². The largest absolute Gasteiger partial charge is 0.383 e. The number of aryl methyl sites for hydroxylation is 1. The van der Waals surface area contributed by atoms with Crippen molar-refractivity contribution in [1.29, 1.82) is 0 Å². The topological polar surface area (TPSA) is 68.2 Å². The third kappa shape index (κ3) is 6.40. The van der Waals surface area contributed by atoms with Crippen molar-refractivity contribution in [3.63, 3.8) is 0 Å². The Morgan fingerprint density at radius 2 is 2.04 bits per heavy atom. The Labute approximate surface area is 142 Å². The van der Waals surface area contributed by atoms with Crippen LogP contribution in [0.15, 0.2) is 36.4 Å². The molecule has 0 atom stereocenters. The van der Waals surface area contributed by atoms with Crippen LogP contribution in [0, 0.1) is 6.92 Å². The van der Waals surface area contributed by atoms with Gasteiger partial charge in [0.25, 0.3) is 0 Å². The van der Waals surface area contributed by atoms with Crippen molar-refractivity contribution in [2.24, 2.45) is 0 Å². The molecule has 23 heavy (non-hydrogen) atoms. The molecule has 0 aliphatic carbocycles. The Bertz CT molecular complexity index is 601. The van der Waals surface area contributed by atoms with Gasteiger partial charge in [0.1, 0.15) is 5.82 Å². The van der Waals surface area contributed by atoms with Gasteiger partial charge in [0, 0.05) is 19.7 Å². The van der Waals surface area contributed by atoms with Crippen LogP contribution in [0.2, 0.25) is 0 Å². The Hall–Kier alpha value is -1.89. The van der Waals surface area contributed by atoms with E-state index in [0.29, 0.717) is 25.5 Å². The summed E-state index contributed by atoms with van der Waals surface area (Å²) in [4.78, 5) is 11.9. The number of carbonyl (C=O) groups excluding carboxylic acids is 1. The number of carbonyl (C=O) groups is 1. The van der Waals surface area contributed by atoms with Gasteiger partial charge in [0.05, 0.1) is 25.4 Å². The van der Waals surface area contributed by atoms with Crippen molar-refractivity contribution in [2.75, 3.05) is 32.1 Å². The molecule has 7 heteroatoms. The van der Waals surface area contributed by atoms with Crippen molar-refractivity contribution < 1.29 is 9.53 Å². The van der Waals surface area contributed by atoms with Crippen LogP contribution in [0.5, 0.6) is 0 Å². The minimum atomic E-state index is -0.0923. The SMILES string of the molecule is COCCNCC(=O)Nc1cc(C)nn1Cc1ccccc1.Cl. The van der Waals surface area contributed by atoms with Gasteiger partial charge < -0.3 is 15.4 Å². The zero-order valence-electron chi connectivity index (χ0n) is 13.4. The molecule has 0 bridgehead atoms. The number of rotatable bonds is 8. The van der Waals surface area contributed by atoms with Crippen LogP contribution >= 0.6 is 12.4 Å². The van der Waals surface area contributed by atoms with E-state index in [-0.39, 0.29) is 24.9 Å². The number of amides is 1. The molecule has 0 saturated heterocycles. The number of hydrogen-bond donors (Lipinski definition) is 2. The van der Waals surface area contributed by atoms with Gasteiger partial charge in [-0.15, -0.1) is 12.4 Å². The first-order valence-corrected chi connectivity index (χ1v) is 7.27. The number of nitrogens with one attached hydrogen (secondary N) is 2. The molecule has 0 saturated carbocycles. The lowest BCUT2D eigenvalue weighted by atomic mass is 10.2. The van der Waals surface area contributed by atoms with E-state index in [4.69, 9.17) is 4.74 Å². The zero-order valence-corrected chi connectivity index (χ0v) is 14.2. The van der Waals surface area contributed by atoms with Gasteiger partial charge in [-0.1, -0.05) is 30.3 Å². The van der Waals surface area contributed by atoms with Gasteiger partial charge >= 0.3 is 0 Å². The van der Waals surface area contributed by atoms with E-state index in [1.54, 1.807) is 11.8 Å². The lowest BCUT2D eigenvalue weighted by molar-refractivity contribution is -0.115. The number of halogens is 1. The molecule has 0 fully saturated rings. The van der Waals surface area contributed by atoms with Crippen LogP contribution in [0.25, 0.3) is 0 Å². The molecule has 2 aromatic rings. The molecule has 1 heterocycles. The minimum absolute atomic E-state index is 0. The fourth-order valence-corrected chi connectivity index (χ4v) is 2.09. The number of aromatic nitrogens is 2. The van der Waals surface area contributed by atoms with Crippen LogP contribution < -0.4 is 10.6 Å². The van der Waals surface area contributed by atoms with Crippen molar-refractivity contribution >= 4 is 24.1 Å². The number of ether oxygens (including phenoxy) is 1. The van der Waals surface area contributed by atoms with E-state index < -0.39 is 0 Å². The number of nitrogens with zero attached hydrogens (tertiary/aromatic N) is 2. The van der Waals surface area contributed by atoms with E-state index in [9.17, 15) is 4.79 Å². The summed E-state index contributed by atoms with van der Waals surface area (Å²) in [6, 6.07) is 11.9. The van der Waals surface area contributed by atoms with Gasteiger partial charge in [-0.05, 0) is 12.5 Å². The predicted molar refractivity (Wildman–Crippen MR) is 93.1 cm³/mol. The normalized spacial score (nSPS) is 10.2. The molecule has 0 aliphatic rings. The van der Waals surface area contributed by atoms with Crippen LogP contribution in [0.1, 0.15) is 11.3 Å². The van der Waals surface area contributed by atoms with Gasteiger partial charge in [0.2, 0.25) is 5.91 Å². The Balaban J connectivity index is 0.00000264. The summed E-state index contributed by atoms with van der Waals surface area (Å²) in [6.45, 7) is 4.01. The van der Waals surface area contributed by atoms with Crippen LogP contribution in [0.4, 0.5) is 5.82 Å². The predicted octanol–water partition coefficient (Wildman–Crippen LogP) is 1.84. The maximum absolute atomic E-state index is 11.9. The van der Waals surface area contributed by atoms with Crippen LogP contribution in [0.3, 0.4) is 0 Å². The molecule has 0 aliphatic heterocycles.